The summed E-state index contributed by atoms with van der Waals surface area (Å²) in [4.78, 5) is 22.5. The third-order valence-electron chi connectivity index (χ3n) is 2.60. The molecule has 1 unspecified atom stereocenters. The number of Topliss-reactive ketones (excluding diaryl/α,β-unsaturated/α-hetero) is 1. The van der Waals surface area contributed by atoms with Gasteiger partial charge in [0, 0.05) is 12.8 Å². The van der Waals surface area contributed by atoms with E-state index in [1.807, 2.05) is 0 Å². The molecule has 1 saturated carbocycles. The van der Waals surface area contributed by atoms with Crippen molar-refractivity contribution in [1.29, 1.82) is 0 Å². The van der Waals surface area contributed by atoms with E-state index in [1.54, 1.807) is 0 Å². The molecule has 0 heterocycles. The summed E-state index contributed by atoms with van der Waals surface area (Å²) in [5, 5.41) is 0. The Balaban J connectivity index is 2.91. The minimum atomic E-state index is -2.09. The molecular weight excluding hydrogens is 187 g/mol. The number of hydrogen-bond acceptors (Lipinski definition) is 3. The van der Waals surface area contributed by atoms with E-state index in [0.717, 1.165) is 0 Å². The smallest absolute Gasteiger partial charge is 0.312 e. The molecule has 0 radical (unpaired) electrons. The highest BCUT2D eigenvalue weighted by atomic mass is 19.1. The van der Waals surface area contributed by atoms with Crippen molar-refractivity contribution >= 4 is 11.8 Å². The van der Waals surface area contributed by atoms with Crippen molar-refractivity contribution in [3.05, 3.63) is 12.7 Å². The molecule has 4 heteroatoms. The highest BCUT2D eigenvalue weighted by Gasteiger charge is 2.53. The standard InChI is InChI=1S/C10H13FO3/c1-3-6-10(11)7(9(13)14-2)4-5-8(10)12/h3,7H,1,4-6H2,2H3/t7-,10?/m1/s1. The van der Waals surface area contributed by atoms with Gasteiger partial charge in [0.1, 0.15) is 0 Å². The van der Waals surface area contributed by atoms with E-state index in [9.17, 15) is 14.0 Å². The van der Waals surface area contributed by atoms with E-state index in [1.165, 1.54) is 13.2 Å². The molecule has 0 amide bonds. The second-order valence-electron chi connectivity index (χ2n) is 3.39. The van der Waals surface area contributed by atoms with E-state index >= 15 is 0 Å². The first kappa shape index (κ1) is 10.9. The van der Waals surface area contributed by atoms with Crippen LogP contribution in [0.15, 0.2) is 12.7 Å². The van der Waals surface area contributed by atoms with Gasteiger partial charge >= 0.3 is 5.97 Å². The molecule has 1 rings (SSSR count). The van der Waals surface area contributed by atoms with Gasteiger partial charge in [-0.2, -0.15) is 0 Å². The molecule has 0 aliphatic heterocycles. The second kappa shape index (κ2) is 3.90. The maximum absolute atomic E-state index is 14.1. The second-order valence-corrected chi connectivity index (χ2v) is 3.39. The van der Waals surface area contributed by atoms with E-state index in [0.29, 0.717) is 0 Å². The van der Waals surface area contributed by atoms with Gasteiger partial charge in [-0.1, -0.05) is 6.08 Å². The highest BCUT2D eigenvalue weighted by Crippen LogP contribution is 2.39. The molecular formula is C10H13FO3. The Bertz CT molecular complexity index is 275. The fourth-order valence-electron chi connectivity index (χ4n) is 1.82. The summed E-state index contributed by atoms with van der Waals surface area (Å²) in [5.74, 6) is -2.13. The average Bonchev–Trinajstić information content (AvgIpc) is 2.43. The van der Waals surface area contributed by atoms with Crippen LogP contribution in [-0.4, -0.2) is 24.5 Å². The normalized spacial score (nSPS) is 31.6. The first-order chi connectivity index (χ1) is 6.56. The van der Waals surface area contributed by atoms with Gasteiger partial charge < -0.3 is 4.74 Å². The van der Waals surface area contributed by atoms with Crippen LogP contribution in [0.2, 0.25) is 0 Å². The lowest BCUT2D eigenvalue weighted by molar-refractivity contribution is -0.152. The van der Waals surface area contributed by atoms with Gasteiger partial charge in [-0.25, -0.2) is 4.39 Å². The van der Waals surface area contributed by atoms with Crippen molar-refractivity contribution in [3.63, 3.8) is 0 Å². The summed E-state index contributed by atoms with van der Waals surface area (Å²) in [6.45, 7) is 3.38. The zero-order valence-corrected chi connectivity index (χ0v) is 8.09. The van der Waals surface area contributed by atoms with Gasteiger partial charge in [-0.15, -0.1) is 6.58 Å². The van der Waals surface area contributed by atoms with Crippen LogP contribution < -0.4 is 0 Å². The first-order valence-corrected chi connectivity index (χ1v) is 4.47. The largest absolute Gasteiger partial charge is 0.469 e. The summed E-state index contributed by atoms with van der Waals surface area (Å²) < 4.78 is 18.5. The molecule has 14 heavy (non-hydrogen) atoms. The molecule has 1 fully saturated rings. The summed E-state index contributed by atoms with van der Waals surface area (Å²) in [6, 6.07) is 0. The Labute approximate surface area is 81.9 Å². The summed E-state index contributed by atoms with van der Waals surface area (Å²) in [7, 11) is 1.19. The summed E-state index contributed by atoms with van der Waals surface area (Å²) in [6.07, 6.45) is 1.53. The number of esters is 1. The molecule has 0 spiro atoms. The quantitative estimate of drug-likeness (QED) is 0.511. The summed E-state index contributed by atoms with van der Waals surface area (Å²) in [5.41, 5.74) is -2.09. The average molecular weight is 200 g/mol. The van der Waals surface area contributed by atoms with Crippen LogP contribution in [0.4, 0.5) is 4.39 Å². The molecule has 0 saturated heterocycles. The Kier molecular flexibility index (Phi) is 3.03. The maximum Gasteiger partial charge on any atom is 0.312 e. The van der Waals surface area contributed by atoms with E-state index < -0.39 is 23.3 Å². The maximum atomic E-state index is 14.1. The third kappa shape index (κ3) is 1.56. The molecule has 3 nitrogen and oxygen atoms in total. The summed E-state index contributed by atoms with van der Waals surface area (Å²) >= 11 is 0. The Morgan fingerprint density at radius 1 is 1.86 bits per heavy atom. The van der Waals surface area contributed by atoms with E-state index in [-0.39, 0.29) is 19.3 Å². The van der Waals surface area contributed by atoms with Crippen molar-refractivity contribution in [3.8, 4) is 0 Å². The van der Waals surface area contributed by atoms with Gasteiger partial charge in [0.15, 0.2) is 11.5 Å². The zero-order chi connectivity index (χ0) is 10.8. The van der Waals surface area contributed by atoms with Crippen LogP contribution in [-0.2, 0) is 14.3 Å². The van der Waals surface area contributed by atoms with E-state index in [4.69, 9.17) is 0 Å². The topological polar surface area (TPSA) is 43.4 Å². The number of allylic oxidation sites excluding steroid dienone is 1. The highest BCUT2D eigenvalue weighted by molar-refractivity contribution is 5.96. The molecule has 0 N–H and O–H groups in total. The van der Waals surface area contributed by atoms with Crippen molar-refractivity contribution < 1.29 is 18.7 Å². The lowest BCUT2D eigenvalue weighted by Crippen LogP contribution is -2.39. The number of methoxy groups -OCH3 is 1. The fourth-order valence-corrected chi connectivity index (χ4v) is 1.82. The Morgan fingerprint density at radius 3 is 3.00 bits per heavy atom. The van der Waals surface area contributed by atoms with E-state index in [2.05, 4.69) is 11.3 Å². The zero-order valence-electron chi connectivity index (χ0n) is 8.09. The monoisotopic (exact) mass is 200 g/mol. The van der Waals surface area contributed by atoms with Crippen LogP contribution in [0, 0.1) is 5.92 Å². The molecule has 1 aliphatic carbocycles. The van der Waals surface area contributed by atoms with Crippen LogP contribution in [0.25, 0.3) is 0 Å². The number of carbonyl (C=O) groups is 2. The fraction of sp³-hybridized carbons (Fsp3) is 0.600. The number of ketones is 1. The first-order valence-electron chi connectivity index (χ1n) is 4.47. The molecule has 2 atom stereocenters. The molecule has 78 valence electrons. The van der Waals surface area contributed by atoms with Crippen molar-refractivity contribution in [1.82, 2.24) is 0 Å². The molecule has 0 bridgehead atoms. The minimum Gasteiger partial charge on any atom is -0.469 e. The van der Waals surface area contributed by atoms with Gasteiger partial charge in [0.2, 0.25) is 0 Å². The van der Waals surface area contributed by atoms with Crippen molar-refractivity contribution in [2.75, 3.05) is 7.11 Å². The van der Waals surface area contributed by atoms with Crippen molar-refractivity contribution in [2.45, 2.75) is 24.9 Å². The van der Waals surface area contributed by atoms with Crippen LogP contribution in [0.5, 0.6) is 0 Å². The molecule has 0 aromatic heterocycles. The van der Waals surface area contributed by atoms with Gasteiger partial charge in [0.05, 0.1) is 13.0 Å². The Hall–Kier alpha value is -1.19. The van der Waals surface area contributed by atoms with Gasteiger partial charge in [-0.05, 0) is 6.42 Å². The van der Waals surface area contributed by atoms with Crippen LogP contribution in [0.3, 0.4) is 0 Å². The lowest BCUT2D eigenvalue weighted by atomic mass is 9.89. The number of rotatable bonds is 3. The Morgan fingerprint density at radius 2 is 2.50 bits per heavy atom. The minimum absolute atomic E-state index is 0.101. The van der Waals surface area contributed by atoms with Crippen molar-refractivity contribution in [2.24, 2.45) is 5.92 Å². The van der Waals surface area contributed by atoms with Gasteiger partial charge in [0.25, 0.3) is 0 Å². The number of halogens is 1. The molecule has 1 aliphatic rings. The predicted molar refractivity (Wildman–Crippen MR) is 48.4 cm³/mol. The molecule has 0 aromatic rings. The van der Waals surface area contributed by atoms with Gasteiger partial charge in [-0.3, -0.25) is 9.59 Å². The number of hydrogen-bond donors (Lipinski definition) is 0. The SMILES string of the molecule is C=CCC1(F)C(=O)CC[C@@H]1C(=O)OC. The van der Waals surface area contributed by atoms with Crippen LogP contribution >= 0.6 is 0 Å². The predicted octanol–water partition coefficient (Wildman–Crippen LogP) is 1.42. The number of alkyl halides is 1. The molecule has 0 aromatic carbocycles. The number of carbonyl (C=O) groups excluding carboxylic acids is 2. The number of ether oxygens (including phenoxy) is 1. The third-order valence-corrected chi connectivity index (χ3v) is 2.60. The lowest BCUT2D eigenvalue weighted by Gasteiger charge is -2.22. The van der Waals surface area contributed by atoms with Crippen LogP contribution in [0.1, 0.15) is 19.3 Å².